The van der Waals surface area contributed by atoms with E-state index in [9.17, 15) is 9.59 Å². The van der Waals surface area contributed by atoms with Crippen molar-refractivity contribution in [2.75, 3.05) is 26.3 Å². The zero-order valence-corrected chi connectivity index (χ0v) is 18.4. The van der Waals surface area contributed by atoms with Crippen molar-refractivity contribution in [2.24, 2.45) is 0 Å². The molecule has 2 heterocycles. The number of carboxylic acid groups (broad SMARTS) is 2. The second kappa shape index (κ2) is 12.5. The molecule has 3 rings (SSSR count). The van der Waals surface area contributed by atoms with Gasteiger partial charge in [0.15, 0.2) is 12.2 Å². The van der Waals surface area contributed by atoms with Crippen LogP contribution in [0.5, 0.6) is 0 Å². The van der Waals surface area contributed by atoms with Crippen LogP contribution in [0, 0.1) is 0 Å². The fourth-order valence-electron chi connectivity index (χ4n) is 3.61. The molecule has 2 unspecified atom stereocenters. The molecule has 11 heteroatoms. The summed E-state index contributed by atoms with van der Waals surface area (Å²) in [6, 6.07) is 7.01. The van der Waals surface area contributed by atoms with E-state index in [1.165, 1.54) is 12.0 Å². The quantitative estimate of drug-likeness (QED) is 0.391. The molecule has 1 aromatic rings. The van der Waals surface area contributed by atoms with Crippen LogP contribution in [0.4, 0.5) is 0 Å². The van der Waals surface area contributed by atoms with Gasteiger partial charge in [-0.05, 0) is 43.5 Å². The molecule has 0 bridgehead atoms. The van der Waals surface area contributed by atoms with Crippen LogP contribution in [0.2, 0.25) is 10.0 Å². The molecule has 3 atom stereocenters. The molecule has 0 saturated carbocycles. The Morgan fingerprint density at radius 3 is 2.16 bits per heavy atom. The highest BCUT2D eigenvalue weighted by Gasteiger charge is 2.30. The van der Waals surface area contributed by atoms with Crippen molar-refractivity contribution < 1.29 is 34.8 Å². The molecule has 0 aliphatic carbocycles. The SMILES string of the molecule is Clc1ccc(CN(C2CCOCC2)[C@H]2CCNC2)c(Cl)c1.O=C(O)C(O)C(O)C(=O)O. The maximum atomic E-state index is 9.77. The summed E-state index contributed by atoms with van der Waals surface area (Å²) in [5.74, 6) is -3.54. The number of aliphatic hydroxyl groups is 2. The molecule has 2 saturated heterocycles. The van der Waals surface area contributed by atoms with Crippen LogP contribution < -0.4 is 5.32 Å². The Hall–Kier alpha value is -1.46. The van der Waals surface area contributed by atoms with Gasteiger partial charge in [0.2, 0.25) is 0 Å². The van der Waals surface area contributed by atoms with Gasteiger partial charge in [0.1, 0.15) is 0 Å². The van der Waals surface area contributed by atoms with E-state index in [1.807, 2.05) is 12.1 Å². The third kappa shape index (κ3) is 7.87. The number of carbonyl (C=O) groups is 2. The largest absolute Gasteiger partial charge is 0.479 e. The van der Waals surface area contributed by atoms with Gasteiger partial charge < -0.3 is 30.5 Å². The van der Waals surface area contributed by atoms with Crippen molar-refractivity contribution in [1.82, 2.24) is 10.2 Å². The number of rotatable bonds is 7. The van der Waals surface area contributed by atoms with Crippen LogP contribution in [-0.4, -0.2) is 87.9 Å². The molecule has 1 aromatic carbocycles. The molecule has 174 valence electrons. The maximum Gasteiger partial charge on any atom is 0.335 e. The Kier molecular flexibility index (Phi) is 10.4. The molecule has 5 N–H and O–H groups in total. The van der Waals surface area contributed by atoms with Crippen LogP contribution in [0.1, 0.15) is 24.8 Å². The Labute approximate surface area is 190 Å². The van der Waals surface area contributed by atoms with E-state index in [0.717, 1.165) is 50.7 Å². The number of ether oxygens (including phenoxy) is 1. The first kappa shape index (κ1) is 25.8. The highest BCUT2D eigenvalue weighted by atomic mass is 35.5. The summed E-state index contributed by atoms with van der Waals surface area (Å²) < 4.78 is 5.52. The van der Waals surface area contributed by atoms with Crippen LogP contribution in [0.15, 0.2) is 18.2 Å². The topological polar surface area (TPSA) is 140 Å². The molecule has 0 amide bonds. The van der Waals surface area contributed by atoms with Crippen molar-refractivity contribution in [3.63, 3.8) is 0 Å². The highest BCUT2D eigenvalue weighted by Crippen LogP contribution is 2.27. The highest BCUT2D eigenvalue weighted by molar-refractivity contribution is 6.35. The van der Waals surface area contributed by atoms with Gasteiger partial charge in [0, 0.05) is 48.4 Å². The molecule has 31 heavy (non-hydrogen) atoms. The zero-order chi connectivity index (χ0) is 23.0. The fourth-order valence-corrected chi connectivity index (χ4v) is 4.08. The summed E-state index contributed by atoms with van der Waals surface area (Å²) in [7, 11) is 0. The summed E-state index contributed by atoms with van der Waals surface area (Å²) >= 11 is 12.4. The Bertz CT molecular complexity index is 722. The summed E-state index contributed by atoms with van der Waals surface area (Å²) in [5.41, 5.74) is 1.17. The Morgan fingerprint density at radius 2 is 1.68 bits per heavy atom. The molecule has 0 radical (unpaired) electrons. The third-order valence-corrected chi connectivity index (χ3v) is 5.92. The summed E-state index contributed by atoms with van der Waals surface area (Å²) in [4.78, 5) is 22.2. The van der Waals surface area contributed by atoms with Crippen LogP contribution >= 0.6 is 23.2 Å². The second-order valence-corrected chi connectivity index (χ2v) is 8.31. The summed E-state index contributed by atoms with van der Waals surface area (Å²) in [6.45, 7) is 4.82. The van der Waals surface area contributed by atoms with E-state index in [2.05, 4.69) is 16.3 Å². The van der Waals surface area contributed by atoms with E-state index in [4.69, 9.17) is 48.4 Å². The average molecular weight is 479 g/mol. The molecule has 2 aliphatic rings. The number of carboxylic acids is 2. The number of halogens is 2. The van der Waals surface area contributed by atoms with Crippen molar-refractivity contribution >= 4 is 35.1 Å². The first-order valence-electron chi connectivity index (χ1n) is 10.0. The molecule has 2 aliphatic heterocycles. The lowest BCUT2D eigenvalue weighted by atomic mass is 10.0. The van der Waals surface area contributed by atoms with E-state index >= 15 is 0 Å². The van der Waals surface area contributed by atoms with Gasteiger partial charge in [0.05, 0.1) is 0 Å². The lowest BCUT2D eigenvalue weighted by Gasteiger charge is -2.38. The fraction of sp³-hybridized carbons (Fsp3) is 0.600. The van der Waals surface area contributed by atoms with E-state index in [0.29, 0.717) is 17.1 Å². The van der Waals surface area contributed by atoms with Gasteiger partial charge in [-0.15, -0.1) is 0 Å². The number of aliphatic hydroxyl groups excluding tert-OH is 2. The minimum atomic E-state index is -2.27. The predicted octanol–water partition coefficient (Wildman–Crippen LogP) is 1.21. The molecule has 0 spiro atoms. The normalized spacial score (nSPS) is 21.3. The van der Waals surface area contributed by atoms with Crippen molar-refractivity contribution in [3.8, 4) is 0 Å². The summed E-state index contributed by atoms with van der Waals surface area (Å²) in [6.07, 6.45) is -1.10. The average Bonchev–Trinajstić information content (AvgIpc) is 3.27. The van der Waals surface area contributed by atoms with E-state index in [-0.39, 0.29) is 0 Å². The molecule has 0 aromatic heterocycles. The predicted molar refractivity (Wildman–Crippen MR) is 114 cm³/mol. The maximum absolute atomic E-state index is 9.77. The standard InChI is InChI=1S/C16H22Cl2N2O.C4H6O6/c17-13-2-1-12(16(18)9-13)11-20(15-3-6-19-10-15)14-4-7-21-8-5-14;5-1(3(7)8)2(6)4(9)10/h1-2,9,14-15,19H,3-8,10-11H2;1-2,5-6H,(H,7,8)(H,9,10)/t15-;/m0./s1. The van der Waals surface area contributed by atoms with Gasteiger partial charge in [-0.2, -0.15) is 0 Å². The van der Waals surface area contributed by atoms with Crippen LogP contribution in [0.3, 0.4) is 0 Å². The molecule has 2 fully saturated rings. The molecular formula is C20H28Cl2N2O7. The minimum Gasteiger partial charge on any atom is -0.479 e. The lowest BCUT2D eigenvalue weighted by Crippen LogP contribution is -2.46. The molecule has 9 nitrogen and oxygen atoms in total. The molecular weight excluding hydrogens is 451 g/mol. The van der Waals surface area contributed by atoms with Gasteiger partial charge in [-0.25, -0.2) is 9.59 Å². The van der Waals surface area contributed by atoms with Gasteiger partial charge >= 0.3 is 11.9 Å². The number of aliphatic carboxylic acids is 2. The van der Waals surface area contributed by atoms with Gasteiger partial charge in [-0.3, -0.25) is 4.90 Å². The van der Waals surface area contributed by atoms with Crippen molar-refractivity contribution in [3.05, 3.63) is 33.8 Å². The van der Waals surface area contributed by atoms with Crippen LogP contribution in [-0.2, 0) is 20.9 Å². The van der Waals surface area contributed by atoms with Crippen LogP contribution in [0.25, 0.3) is 0 Å². The van der Waals surface area contributed by atoms with E-state index < -0.39 is 24.1 Å². The monoisotopic (exact) mass is 478 g/mol. The first-order chi connectivity index (χ1) is 14.7. The first-order valence-corrected chi connectivity index (χ1v) is 10.8. The Morgan fingerprint density at radius 1 is 1.06 bits per heavy atom. The smallest absolute Gasteiger partial charge is 0.335 e. The minimum absolute atomic E-state index is 0.593. The number of hydrogen-bond donors (Lipinski definition) is 5. The third-order valence-electron chi connectivity index (χ3n) is 5.34. The Balaban J connectivity index is 0.000000291. The van der Waals surface area contributed by atoms with Crippen molar-refractivity contribution in [2.45, 2.75) is 50.1 Å². The number of benzene rings is 1. The number of nitrogens with one attached hydrogen (secondary N) is 1. The van der Waals surface area contributed by atoms with Crippen molar-refractivity contribution in [1.29, 1.82) is 0 Å². The second-order valence-electron chi connectivity index (χ2n) is 7.46. The number of nitrogens with zero attached hydrogens (tertiary/aromatic N) is 1. The zero-order valence-electron chi connectivity index (χ0n) is 16.9. The number of hydrogen-bond acceptors (Lipinski definition) is 7. The lowest BCUT2D eigenvalue weighted by molar-refractivity contribution is -0.165. The summed E-state index contributed by atoms with van der Waals surface area (Å²) in [5, 5.41) is 37.5. The van der Waals surface area contributed by atoms with E-state index in [1.54, 1.807) is 0 Å². The van der Waals surface area contributed by atoms with Gasteiger partial charge in [0.25, 0.3) is 0 Å². The van der Waals surface area contributed by atoms with Gasteiger partial charge in [-0.1, -0.05) is 29.3 Å².